The van der Waals surface area contributed by atoms with Crippen molar-refractivity contribution in [1.82, 2.24) is 4.98 Å². The molecule has 1 fully saturated rings. The van der Waals surface area contributed by atoms with E-state index < -0.39 is 0 Å². The van der Waals surface area contributed by atoms with Crippen LogP contribution in [-0.2, 0) is 11.3 Å². The van der Waals surface area contributed by atoms with Crippen molar-refractivity contribution in [2.24, 2.45) is 5.73 Å². The summed E-state index contributed by atoms with van der Waals surface area (Å²) in [6.45, 7) is 1.99. The Morgan fingerprint density at radius 1 is 1.62 bits per heavy atom. The predicted octanol–water partition coefficient (Wildman–Crippen LogP) is 1.03. The van der Waals surface area contributed by atoms with E-state index in [1.807, 2.05) is 0 Å². The first kappa shape index (κ1) is 8.72. The fourth-order valence-electron chi connectivity index (χ4n) is 1.57. The van der Waals surface area contributed by atoms with Crippen molar-refractivity contribution in [2.75, 3.05) is 13.2 Å². The Hall–Kier alpha value is -0.870. The summed E-state index contributed by atoms with van der Waals surface area (Å²) in [5, 5.41) is 0. The highest BCUT2D eigenvalue weighted by Crippen LogP contribution is 2.25. The molecule has 0 amide bonds. The van der Waals surface area contributed by atoms with E-state index in [4.69, 9.17) is 14.9 Å². The van der Waals surface area contributed by atoms with Gasteiger partial charge < -0.3 is 14.9 Å². The smallest absolute Gasteiger partial charge is 0.208 e. The van der Waals surface area contributed by atoms with Crippen LogP contribution in [0.25, 0.3) is 0 Å². The van der Waals surface area contributed by atoms with Gasteiger partial charge in [0.2, 0.25) is 5.89 Å². The molecule has 4 heteroatoms. The van der Waals surface area contributed by atoms with Gasteiger partial charge in [-0.15, -0.1) is 0 Å². The van der Waals surface area contributed by atoms with E-state index in [2.05, 4.69) is 4.98 Å². The number of nitrogens with zero attached hydrogens (tertiary/aromatic N) is 1. The van der Waals surface area contributed by atoms with Gasteiger partial charge in [-0.3, -0.25) is 0 Å². The van der Waals surface area contributed by atoms with Crippen LogP contribution in [0.2, 0.25) is 0 Å². The van der Waals surface area contributed by atoms with Crippen LogP contribution in [0.4, 0.5) is 0 Å². The molecule has 1 aromatic rings. The first-order chi connectivity index (χ1) is 6.40. The lowest BCUT2D eigenvalue weighted by Gasteiger charge is -2.19. The van der Waals surface area contributed by atoms with Gasteiger partial charge in [0.1, 0.15) is 5.76 Å². The van der Waals surface area contributed by atoms with E-state index in [-0.39, 0.29) is 0 Å². The largest absolute Gasteiger partial charge is 0.444 e. The molecule has 4 nitrogen and oxygen atoms in total. The van der Waals surface area contributed by atoms with Gasteiger partial charge in [0.25, 0.3) is 0 Å². The lowest BCUT2D eigenvalue weighted by Crippen LogP contribution is -2.14. The highest BCUT2D eigenvalue weighted by atomic mass is 16.5. The van der Waals surface area contributed by atoms with Gasteiger partial charge in [-0.05, 0) is 12.8 Å². The van der Waals surface area contributed by atoms with Gasteiger partial charge in [-0.2, -0.15) is 0 Å². The second-order valence-electron chi connectivity index (χ2n) is 3.27. The summed E-state index contributed by atoms with van der Waals surface area (Å²) >= 11 is 0. The molecule has 72 valence electrons. The molecule has 2 rings (SSSR count). The SMILES string of the molecule is NCc1ncc(C2CCCOC2)o1. The first-order valence-electron chi connectivity index (χ1n) is 4.62. The molecule has 0 aromatic carbocycles. The number of ether oxygens (including phenoxy) is 1. The summed E-state index contributed by atoms with van der Waals surface area (Å²) in [6, 6.07) is 0. The van der Waals surface area contributed by atoms with Crippen molar-refractivity contribution in [2.45, 2.75) is 25.3 Å². The van der Waals surface area contributed by atoms with Crippen LogP contribution in [0.15, 0.2) is 10.6 Å². The average Bonchev–Trinajstić information content (AvgIpc) is 2.67. The zero-order valence-corrected chi connectivity index (χ0v) is 7.53. The third kappa shape index (κ3) is 1.89. The molecule has 2 N–H and O–H groups in total. The zero-order valence-electron chi connectivity index (χ0n) is 7.53. The Morgan fingerprint density at radius 2 is 2.54 bits per heavy atom. The molecule has 1 aliphatic rings. The van der Waals surface area contributed by atoms with Crippen molar-refractivity contribution in [3.63, 3.8) is 0 Å². The maximum atomic E-state index is 5.46. The number of hydrogen-bond acceptors (Lipinski definition) is 4. The summed E-state index contributed by atoms with van der Waals surface area (Å²) in [5.41, 5.74) is 5.41. The van der Waals surface area contributed by atoms with Crippen LogP contribution >= 0.6 is 0 Å². The highest BCUT2D eigenvalue weighted by molar-refractivity contribution is 5.02. The molecule has 1 aromatic heterocycles. The van der Waals surface area contributed by atoms with Gasteiger partial charge in [-0.1, -0.05) is 0 Å². The van der Waals surface area contributed by atoms with Crippen LogP contribution in [0.1, 0.15) is 30.4 Å². The molecule has 1 atom stereocenters. The van der Waals surface area contributed by atoms with Crippen LogP contribution in [0.3, 0.4) is 0 Å². The number of oxazole rings is 1. The van der Waals surface area contributed by atoms with Crippen molar-refractivity contribution < 1.29 is 9.15 Å². The molecular formula is C9H14N2O2. The fourth-order valence-corrected chi connectivity index (χ4v) is 1.57. The molecule has 2 heterocycles. The van der Waals surface area contributed by atoms with Crippen LogP contribution in [0, 0.1) is 0 Å². The number of aromatic nitrogens is 1. The Kier molecular flexibility index (Phi) is 2.61. The Labute approximate surface area is 77.1 Å². The molecule has 0 bridgehead atoms. The third-order valence-corrected chi connectivity index (χ3v) is 2.31. The summed E-state index contributed by atoms with van der Waals surface area (Å²) in [4.78, 5) is 4.06. The quantitative estimate of drug-likeness (QED) is 0.742. The van der Waals surface area contributed by atoms with Crippen molar-refractivity contribution in [1.29, 1.82) is 0 Å². The summed E-state index contributed by atoms with van der Waals surface area (Å²) in [6.07, 6.45) is 3.99. The molecular weight excluding hydrogens is 168 g/mol. The standard InChI is InChI=1S/C9H14N2O2/c10-4-9-11-5-8(13-9)7-2-1-3-12-6-7/h5,7H,1-4,6,10H2. The average molecular weight is 182 g/mol. The molecule has 13 heavy (non-hydrogen) atoms. The first-order valence-corrected chi connectivity index (χ1v) is 4.62. The fraction of sp³-hybridized carbons (Fsp3) is 0.667. The normalized spacial score (nSPS) is 23.3. The zero-order chi connectivity index (χ0) is 9.10. The van der Waals surface area contributed by atoms with Crippen molar-refractivity contribution >= 4 is 0 Å². The minimum absolute atomic E-state index is 0.369. The Bertz CT molecular complexity index is 266. The van der Waals surface area contributed by atoms with E-state index in [1.54, 1.807) is 6.20 Å². The second kappa shape index (κ2) is 3.89. The molecule has 0 spiro atoms. The summed E-state index contributed by atoms with van der Waals surface area (Å²) in [7, 11) is 0. The number of rotatable bonds is 2. The van der Waals surface area contributed by atoms with Gasteiger partial charge in [0.15, 0.2) is 0 Å². The van der Waals surface area contributed by atoms with Crippen molar-refractivity contribution in [3.8, 4) is 0 Å². The van der Waals surface area contributed by atoms with Crippen LogP contribution in [0.5, 0.6) is 0 Å². The topological polar surface area (TPSA) is 61.3 Å². The van der Waals surface area contributed by atoms with Gasteiger partial charge in [0.05, 0.1) is 19.3 Å². The predicted molar refractivity (Wildman–Crippen MR) is 47.2 cm³/mol. The Balaban J connectivity index is 2.05. The van der Waals surface area contributed by atoms with Gasteiger partial charge >= 0.3 is 0 Å². The Morgan fingerprint density at radius 3 is 3.15 bits per heavy atom. The minimum atomic E-state index is 0.369. The molecule has 0 saturated carbocycles. The van der Waals surface area contributed by atoms with E-state index in [9.17, 15) is 0 Å². The van der Waals surface area contributed by atoms with Crippen LogP contribution < -0.4 is 5.73 Å². The number of hydrogen-bond donors (Lipinski definition) is 1. The highest BCUT2D eigenvalue weighted by Gasteiger charge is 2.19. The molecule has 0 radical (unpaired) electrons. The van der Waals surface area contributed by atoms with Gasteiger partial charge in [0, 0.05) is 12.5 Å². The molecule has 1 unspecified atom stereocenters. The lowest BCUT2D eigenvalue weighted by atomic mass is 10.0. The minimum Gasteiger partial charge on any atom is -0.444 e. The summed E-state index contributed by atoms with van der Waals surface area (Å²) < 4.78 is 10.8. The maximum absolute atomic E-state index is 5.46. The molecule has 0 aliphatic carbocycles. The van der Waals surface area contributed by atoms with E-state index >= 15 is 0 Å². The molecule has 1 saturated heterocycles. The third-order valence-electron chi connectivity index (χ3n) is 2.31. The number of nitrogens with two attached hydrogens (primary N) is 1. The van der Waals surface area contributed by atoms with E-state index in [0.717, 1.165) is 31.8 Å². The summed E-state index contributed by atoms with van der Waals surface area (Å²) in [5.74, 6) is 1.90. The monoisotopic (exact) mass is 182 g/mol. The van der Waals surface area contributed by atoms with E-state index in [1.165, 1.54) is 0 Å². The lowest BCUT2D eigenvalue weighted by molar-refractivity contribution is 0.0738. The van der Waals surface area contributed by atoms with Crippen molar-refractivity contribution in [3.05, 3.63) is 17.8 Å². The maximum Gasteiger partial charge on any atom is 0.208 e. The second-order valence-corrected chi connectivity index (χ2v) is 3.27. The van der Waals surface area contributed by atoms with E-state index in [0.29, 0.717) is 18.4 Å². The van der Waals surface area contributed by atoms with Crippen LogP contribution in [-0.4, -0.2) is 18.2 Å². The molecule has 1 aliphatic heterocycles. The van der Waals surface area contributed by atoms with Gasteiger partial charge in [-0.25, -0.2) is 4.98 Å².